The van der Waals surface area contributed by atoms with Crippen molar-refractivity contribution in [3.05, 3.63) is 24.3 Å². The van der Waals surface area contributed by atoms with Crippen LogP contribution in [0, 0.1) is 23.8 Å². The van der Waals surface area contributed by atoms with Crippen LogP contribution in [0.5, 0.6) is 5.75 Å². The minimum atomic E-state index is 0.255. The molecular weight excluding hydrogens is 164 g/mol. The highest BCUT2D eigenvalue weighted by Crippen LogP contribution is 2.14. The zero-order chi connectivity index (χ0) is 9.52. The minimum absolute atomic E-state index is 0.255. The van der Waals surface area contributed by atoms with E-state index in [0.29, 0.717) is 5.75 Å². The molecule has 3 heteroatoms. The van der Waals surface area contributed by atoms with Crippen molar-refractivity contribution in [2.45, 2.75) is 0 Å². The lowest BCUT2D eigenvalue weighted by Crippen LogP contribution is -1.93. The van der Waals surface area contributed by atoms with E-state index in [1.165, 1.54) is 0 Å². The first-order valence-electron chi connectivity index (χ1n) is 3.68. The maximum Gasteiger partial charge on any atom is 0.181 e. The average Bonchev–Trinajstić information content (AvgIpc) is 2.17. The SMILES string of the molecule is C#CCOc1ccc(NC#N)cc1. The Morgan fingerprint density at radius 2 is 2.08 bits per heavy atom. The Morgan fingerprint density at radius 3 is 2.62 bits per heavy atom. The van der Waals surface area contributed by atoms with E-state index in [2.05, 4.69) is 11.2 Å². The van der Waals surface area contributed by atoms with Gasteiger partial charge in [-0.3, -0.25) is 5.32 Å². The van der Waals surface area contributed by atoms with Crippen LogP contribution in [0.1, 0.15) is 0 Å². The van der Waals surface area contributed by atoms with Gasteiger partial charge in [0.05, 0.1) is 0 Å². The van der Waals surface area contributed by atoms with Crippen LogP contribution < -0.4 is 10.1 Å². The van der Waals surface area contributed by atoms with E-state index in [0.717, 1.165) is 5.69 Å². The molecule has 0 atom stereocenters. The highest BCUT2D eigenvalue weighted by molar-refractivity contribution is 5.48. The van der Waals surface area contributed by atoms with Gasteiger partial charge in [-0.25, -0.2) is 0 Å². The molecule has 0 aromatic heterocycles. The van der Waals surface area contributed by atoms with Crippen molar-refractivity contribution < 1.29 is 4.74 Å². The lowest BCUT2D eigenvalue weighted by molar-refractivity contribution is 0.370. The standard InChI is InChI=1S/C10H8N2O/c1-2-7-13-10-5-3-9(4-6-10)12-8-11/h1,3-6,12H,7H2. The molecule has 0 amide bonds. The summed E-state index contributed by atoms with van der Waals surface area (Å²) in [6, 6.07) is 6.98. The summed E-state index contributed by atoms with van der Waals surface area (Å²) in [7, 11) is 0. The molecule has 0 spiro atoms. The van der Waals surface area contributed by atoms with Gasteiger partial charge in [-0.05, 0) is 24.3 Å². The largest absolute Gasteiger partial charge is 0.481 e. The molecule has 0 heterocycles. The van der Waals surface area contributed by atoms with E-state index in [9.17, 15) is 0 Å². The molecular formula is C10H8N2O. The van der Waals surface area contributed by atoms with E-state index in [-0.39, 0.29) is 6.61 Å². The molecule has 0 aliphatic carbocycles. The molecule has 1 aromatic rings. The Bertz CT molecular complexity index is 343. The molecule has 0 unspecified atom stereocenters. The normalized spacial score (nSPS) is 8.15. The topological polar surface area (TPSA) is 45.0 Å². The number of hydrogen-bond acceptors (Lipinski definition) is 3. The van der Waals surface area contributed by atoms with Gasteiger partial charge in [-0.1, -0.05) is 5.92 Å². The number of hydrogen-bond donors (Lipinski definition) is 1. The Balaban J connectivity index is 2.61. The fourth-order valence-corrected chi connectivity index (χ4v) is 0.824. The first-order chi connectivity index (χ1) is 6.36. The number of benzene rings is 1. The molecule has 0 aliphatic rings. The molecule has 1 aromatic carbocycles. The van der Waals surface area contributed by atoms with E-state index < -0.39 is 0 Å². The molecule has 0 fully saturated rings. The van der Waals surface area contributed by atoms with Crippen molar-refractivity contribution >= 4 is 5.69 Å². The Labute approximate surface area is 76.9 Å². The van der Waals surface area contributed by atoms with Gasteiger partial charge < -0.3 is 4.74 Å². The van der Waals surface area contributed by atoms with Gasteiger partial charge in [-0.15, -0.1) is 6.42 Å². The number of nitrogens with zero attached hydrogens (tertiary/aromatic N) is 1. The number of anilines is 1. The maximum absolute atomic E-state index is 8.31. The second-order valence-electron chi connectivity index (χ2n) is 2.25. The molecule has 0 bridgehead atoms. The van der Waals surface area contributed by atoms with Crippen molar-refractivity contribution in [3.63, 3.8) is 0 Å². The second-order valence-corrected chi connectivity index (χ2v) is 2.25. The molecule has 0 saturated carbocycles. The predicted octanol–water partition coefficient (Wildman–Crippen LogP) is 1.59. The fraction of sp³-hybridized carbons (Fsp3) is 0.100. The lowest BCUT2D eigenvalue weighted by atomic mass is 10.3. The number of nitrogens with one attached hydrogen (secondary N) is 1. The summed E-state index contributed by atoms with van der Waals surface area (Å²) >= 11 is 0. The zero-order valence-corrected chi connectivity index (χ0v) is 6.95. The third kappa shape index (κ3) is 2.76. The predicted molar refractivity (Wildman–Crippen MR) is 50.0 cm³/mol. The first-order valence-corrected chi connectivity index (χ1v) is 3.68. The Morgan fingerprint density at radius 1 is 1.38 bits per heavy atom. The molecule has 0 aliphatic heterocycles. The molecule has 1 rings (SSSR count). The van der Waals surface area contributed by atoms with E-state index >= 15 is 0 Å². The van der Waals surface area contributed by atoms with Crippen molar-refractivity contribution in [1.82, 2.24) is 0 Å². The zero-order valence-electron chi connectivity index (χ0n) is 6.95. The van der Waals surface area contributed by atoms with Crippen LogP contribution in [0.15, 0.2) is 24.3 Å². The highest BCUT2D eigenvalue weighted by Gasteiger charge is 1.92. The van der Waals surface area contributed by atoms with Gasteiger partial charge in [0.15, 0.2) is 6.19 Å². The Hall–Kier alpha value is -2.13. The molecule has 1 N–H and O–H groups in total. The summed E-state index contributed by atoms with van der Waals surface area (Å²) in [6.07, 6.45) is 6.85. The van der Waals surface area contributed by atoms with Crippen LogP contribution >= 0.6 is 0 Å². The Kier molecular flexibility index (Phi) is 3.23. The van der Waals surface area contributed by atoms with Gasteiger partial charge in [-0.2, -0.15) is 5.26 Å². The maximum atomic E-state index is 8.31. The van der Waals surface area contributed by atoms with Gasteiger partial charge in [0, 0.05) is 5.69 Å². The third-order valence-electron chi connectivity index (χ3n) is 1.38. The third-order valence-corrected chi connectivity index (χ3v) is 1.38. The van der Waals surface area contributed by atoms with Crippen molar-refractivity contribution in [1.29, 1.82) is 5.26 Å². The number of ether oxygens (including phenoxy) is 1. The molecule has 0 saturated heterocycles. The van der Waals surface area contributed by atoms with E-state index in [1.807, 2.05) is 6.19 Å². The average molecular weight is 172 g/mol. The van der Waals surface area contributed by atoms with Crippen molar-refractivity contribution in [2.75, 3.05) is 11.9 Å². The van der Waals surface area contributed by atoms with Gasteiger partial charge in [0.2, 0.25) is 0 Å². The quantitative estimate of drug-likeness (QED) is 0.428. The highest BCUT2D eigenvalue weighted by atomic mass is 16.5. The molecule has 13 heavy (non-hydrogen) atoms. The van der Waals surface area contributed by atoms with Gasteiger partial charge in [0.25, 0.3) is 0 Å². The summed E-state index contributed by atoms with van der Waals surface area (Å²) in [4.78, 5) is 0. The number of nitriles is 1. The summed E-state index contributed by atoms with van der Waals surface area (Å²) in [5.74, 6) is 3.06. The smallest absolute Gasteiger partial charge is 0.181 e. The second kappa shape index (κ2) is 4.69. The van der Waals surface area contributed by atoms with E-state index in [4.69, 9.17) is 16.4 Å². The number of rotatable bonds is 3. The van der Waals surface area contributed by atoms with Crippen LogP contribution in [-0.4, -0.2) is 6.61 Å². The monoisotopic (exact) mass is 172 g/mol. The van der Waals surface area contributed by atoms with Crippen molar-refractivity contribution in [3.8, 4) is 24.3 Å². The van der Waals surface area contributed by atoms with Crippen molar-refractivity contribution in [2.24, 2.45) is 0 Å². The minimum Gasteiger partial charge on any atom is -0.481 e. The van der Waals surface area contributed by atoms with Crippen LogP contribution in [0.4, 0.5) is 5.69 Å². The molecule has 64 valence electrons. The van der Waals surface area contributed by atoms with Gasteiger partial charge >= 0.3 is 0 Å². The molecule has 0 radical (unpaired) electrons. The van der Waals surface area contributed by atoms with Crippen LogP contribution in [0.3, 0.4) is 0 Å². The van der Waals surface area contributed by atoms with E-state index in [1.54, 1.807) is 24.3 Å². The van der Waals surface area contributed by atoms with Crippen LogP contribution in [-0.2, 0) is 0 Å². The first kappa shape index (κ1) is 8.96. The summed E-state index contributed by atoms with van der Waals surface area (Å²) in [5, 5.41) is 10.8. The van der Waals surface area contributed by atoms with Gasteiger partial charge in [0.1, 0.15) is 12.4 Å². The lowest BCUT2D eigenvalue weighted by Gasteiger charge is -2.02. The summed E-state index contributed by atoms with van der Waals surface area (Å²) in [5.41, 5.74) is 0.732. The van der Waals surface area contributed by atoms with Crippen LogP contribution in [0.25, 0.3) is 0 Å². The summed E-state index contributed by atoms with van der Waals surface area (Å²) < 4.78 is 5.14. The fourth-order valence-electron chi connectivity index (χ4n) is 0.824. The number of terminal acetylenes is 1. The summed E-state index contributed by atoms with van der Waals surface area (Å²) in [6.45, 7) is 0.255. The molecule has 3 nitrogen and oxygen atoms in total. The van der Waals surface area contributed by atoms with Crippen LogP contribution in [0.2, 0.25) is 0 Å².